The van der Waals surface area contributed by atoms with Crippen molar-refractivity contribution in [2.24, 2.45) is 5.14 Å². The van der Waals surface area contributed by atoms with E-state index < -0.39 is 15.5 Å². The second-order valence-electron chi connectivity index (χ2n) is 5.53. The molecule has 0 aliphatic rings. The summed E-state index contributed by atoms with van der Waals surface area (Å²) in [6.07, 6.45) is 14.3. The van der Waals surface area contributed by atoms with Crippen LogP contribution in [-0.4, -0.2) is 27.0 Å². The Morgan fingerprint density at radius 1 is 0.826 bits per heavy atom. The lowest BCUT2D eigenvalue weighted by Gasteiger charge is -2.02. The van der Waals surface area contributed by atoms with Crippen LogP contribution < -0.4 is 10.5 Å². The Morgan fingerprint density at radius 2 is 1.17 bits per heavy atom. The zero-order valence-electron chi connectivity index (χ0n) is 14.4. The average Bonchev–Trinajstić information content (AvgIpc) is 2.43. The van der Waals surface area contributed by atoms with Crippen molar-refractivity contribution in [3.63, 3.8) is 0 Å². The topological polar surface area (TPSA) is 72.2 Å². The summed E-state index contributed by atoms with van der Waals surface area (Å²) in [5.74, 6) is 0. The van der Waals surface area contributed by atoms with Crippen LogP contribution in [0.5, 0.6) is 0 Å². The second-order valence-corrected chi connectivity index (χ2v) is 7.08. The Kier molecular flexibility index (Phi) is 16.5. The first-order chi connectivity index (χ1) is 10.7. The van der Waals surface area contributed by atoms with Gasteiger partial charge in [0.15, 0.2) is 0 Å². The summed E-state index contributed by atoms with van der Waals surface area (Å²) in [6, 6.07) is 0. The van der Waals surface area contributed by atoms with Gasteiger partial charge in [-0.2, -0.15) is 13.2 Å². The molecule has 0 aromatic rings. The van der Waals surface area contributed by atoms with Crippen LogP contribution in [0.25, 0.3) is 0 Å². The molecular weight excluding hydrogens is 329 g/mol. The molecule has 0 spiro atoms. The van der Waals surface area contributed by atoms with E-state index in [0.29, 0.717) is 0 Å². The Labute approximate surface area is 139 Å². The number of alkyl halides is 3. The molecule has 0 atom stereocenters. The van der Waals surface area contributed by atoms with Crippen LogP contribution in [0.15, 0.2) is 0 Å². The van der Waals surface area contributed by atoms with Crippen molar-refractivity contribution in [3.8, 4) is 0 Å². The first kappa shape index (κ1) is 24.9. The van der Waals surface area contributed by atoms with E-state index in [0.717, 1.165) is 6.54 Å². The molecule has 0 aliphatic carbocycles. The maximum Gasteiger partial charge on any atom is 0.511 e. The van der Waals surface area contributed by atoms with Crippen molar-refractivity contribution in [1.29, 1.82) is 0 Å². The van der Waals surface area contributed by atoms with Gasteiger partial charge in [-0.3, -0.25) is 0 Å². The Morgan fingerprint density at radius 3 is 1.48 bits per heavy atom. The molecule has 0 rings (SSSR count). The van der Waals surface area contributed by atoms with E-state index in [1.165, 1.54) is 70.8 Å². The number of hydrogen-bond acceptors (Lipinski definition) is 3. The molecule has 0 heterocycles. The lowest BCUT2D eigenvalue weighted by atomic mass is 10.1. The van der Waals surface area contributed by atoms with E-state index in [1.54, 1.807) is 0 Å². The highest BCUT2D eigenvalue weighted by Crippen LogP contribution is 2.18. The van der Waals surface area contributed by atoms with Crippen molar-refractivity contribution in [2.75, 3.05) is 13.1 Å². The molecule has 4 nitrogen and oxygen atoms in total. The highest BCUT2D eigenvalue weighted by Gasteiger charge is 2.42. The molecule has 0 aromatic carbocycles. The smallest absolute Gasteiger partial charge is 0.317 e. The molecule has 0 fully saturated rings. The minimum atomic E-state index is -5.34. The minimum Gasteiger partial charge on any atom is -0.317 e. The van der Waals surface area contributed by atoms with Crippen LogP contribution in [-0.2, 0) is 10.0 Å². The Balaban J connectivity index is 0. The summed E-state index contributed by atoms with van der Waals surface area (Å²) >= 11 is 0. The fraction of sp³-hybridized carbons (Fsp3) is 1.00. The van der Waals surface area contributed by atoms with E-state index in [2.05, 4.69) is 24.3 Å². The predicted octanol–water partition coefficient (Wildman–Crippen LogP) is 4.31. The van der Waals surface area contributed by atoms with Crippen molar-refractivity contribution >= 4 is 10.0 Å². The van der Waals surface area contributed by atoms with Gasteiger partial charge < -0.3 is 5.32 Å². The number of nitrogens with two attached hydrogens (primary N) is 1. The van der Waals surface area contributed by atoms with Gasteiger partial charge >= 0.3 is 15.5 Å². The van der Waals surface area contributed by atoms with E-state index in [-0.39, 0.29) is 0 Å². The number of primary sulfonamides is 1. The van der Waals surface area contributed by atoms with Gasteiger partial charge in [-0.05, 0) is 19.5 Å². The summed E-state index contributed by atoms with van der Waals surface area (Å²) < 4.78 is 51.2. The van der Waals surface area contributed by atoms with E-state index in [4.69, 9.17) is 0 Å². The van der Waals surface area contributed by atoms with Gasteiger partial charge in [-0.15, -0.1) is 0 Å². The summed E-state index contributed by atoms with van der Waals surface area (Å²) in [5.41, 5.74) is -5.31. The number of halogens is 3. The van der Waals surface area contributed by atoms with Crippen molar-refractivity contribution in [1.82, 2.24) is 5.32 Å². The molecule has 0 radical (unpaired) electrons. The summed E-state index contributed by atoms with van der Waals surface area (Å²) in [4.78, 5) is 0. The van der Waals surface area contributed by atoms with Crippen molar-refractivity contribution < 1.29 is 21.6 Å². The number of hydrogen-bond donors (Lipinski definition) is 2. The van der Waals surface area contributed by atoms with Gasteiger partial charge in [0.05, 0.1) is 0 Å². The van der Waals surface area contributed by atoms with Gasteiger partial charge in [0.2, 0.25) is 0 Å². The molecule has 8 heteroatoms. The third-order valence-corrected chi connectivity index (χ3v) is 3.92. The normalized spacial score (nSPS) is 11.9. The molecule has 0 aromatic heterocycles. The summed E-state index contributed by atoms with van der Waals surface area (Å²) in [5, 5.41) is 7.03. The van der Waals surface area contributed by atoms with Gasteiger partial charge in [-0.25, -0.2) is 13.6 Å². The molecule has 0 aliphatic heterocycles. The van der Waals surface area contributed by atoms with E-state index >= 15 is 0 Å². The number of unbranched alkanes of at least 4 members (excludes halogenated alkanes) is 9. The van der Waals surface area contributed by atoms with Gasteiger partial charge in [0.25, 0.3) is 0 Å². The molecule has 23 heavy (non-hydrogen) atoms. The van der Waals surface area contributed by atoms with Crippen LogP contribution in [0.2, 0.25) is 0 Å². The fourth-order valence-electron chi connectivity index (χ4n) is 1.91. The first-order valence-corrected chi connectivity index (χ1v) is 10.0. The monoisotopic (exact) mass is 362 g/mol. The molecule has 3 N–H and O–H groups in total. The van der Waals surface area contributed by atoms with Gasteiger partial charge in [0, 0.05) is 0 Å². The highest BCUT2D eigenvalue weighted by atomic mass is 32.2. The predicted molar refractivity (Wildman–Crippen MR) is 89.5 cm³/mol. The number of sulfonamides is 1. The van der Waals surface area contributed by atoms with Crippen LogP contribution in [0.3, 0.4) is 0 Å². The highest BCUT2D eigenvalue weighted by molar-refractivity contribution is 7.90. The SMILES string of the molecule is CCCCCCCCCCCCNCC.NS(=O)(=O)C(F)(F)F. The third-order valence-electron chi connectivity index (χ3n) is 3.28. The largest absolute Gasteiger partial charge is 0.511 e. The molecule has 0 bridgehead atoms. The Hall–Kier alpha value is -0.340. The lowest BCUT2D eigenvalue weighted by Crippen LogP contribution is -2.30. The second kappa shape index (κ2) is 15.2. The summed E-state index contributed by atoms with van der Waals surface area (Å²) in [7, 11) is -5.34. The number of rotatable bonds is 12. The quantitative estimate of drug-likeness (QED) is 0.508. The summed E-state index contributed by atoms with van der Waals surface area (Å²) in [6.45, 7) is 6.80. The molecule has 0 amide bonds. The minimum absolute atomic E-state index is 1.12. The van der Waals surface area contributed by atoms with Crippen molar-refractivity contribution in [2.45, 2.75) is 83.6 Å². The Bertz CT molecular complexity index is 335. The fourth-order valence-corrected chi connectivity index (χ4v) is 1.91. The van der Waals surface area contributed by atoms with Gasteiger partial charge in [0.1, 0.15) is 0 Å². The lowest BCUT2D eigenvalue weighted by molar-refractivity contribution is -0.0436. The van der Waals surface area contributed by atoms with Crippen LogP contribution in [0.1, 0.15) is 78.1 Å². The van der Waals surface area contributed by atoms with Crippen LogP contribution in [0.4, 0.5) is 13.2 Å². The zero-order valence-corrected chi connectivity index (χ0v) is 15.2. The first-order valence-electron chi connectivity index (χ1n) is 8.46. The number of nitrogens with one attached hydrogen (secondary N) is 1. The van der Waals surface area contributed by atoms with E-state index in [9.17, 15) is 21.6 Å². The maximum atomic E-state index is 10.8. The molecule has 142 valence electrons. The molecular formula is C15H33F3N2O2S. The average molecular weight is 363 g/mol. The van der Waals surface area contributed by atoms with Crippen LogP contribution in [0, 0.1) is 0 Å². The maximum absolute atomic E-state index is 10.8. The standard InChI is InChI=1S/C14H31N.CH2F3NO2S/c1-3-5-6-7-8-9-10-11-12-13-14-15-4-2;2-1(3,4)8(5,6)7/h15H,3-14H2,1-2H3;(H2,5,6,7). The molecule has 0 unspecified atom stereocenters. The zero-order chi connectivity index (χ0) is 18.2. The van der Waals surface area contributed by atoms with Crippen molar-refractivity contribution in [3.05, 3.63) is 0 Å². The van der Waals surface area contributed by atoms with Crippen LogP contribution >= 0.6 is 0 Å². The van der Waals surface area contributed by atoms with Gasteiger partial charge in [-0.1, -0.05) is 71.6 Å². The molecule has 0 saturated carbocycles. The van der Waals surface area contributed by atoms with E-state index in [1.807, 2.05) is 0 Å². The molecule has 0 saturated heterocycles. The third kappa shape index (κ3) is 19.6.